The van der Waals surface area contributed by atoms with Gasteiger partial charge in [0, 0.05) is 30.5 Å². The molecule has 0 aliphatic carbocycles. The Morgan fingerprint density at radius 3 is 2.44 bits per heavy atom. The summed E-state index contributed by atoms with van der Waals surface area (Å²) in [6.07, 6.45) is 2.02. The van der Waals surface area contributed by atoms with Gasteiger partial charge in [-0.25, -0.2) is 4.79 Å². The van der Waals surface area contributed by atoms with E-state index in [9.17, 15) is 4.79 Å². The second-order valence-electron chi connectivity index (χ2n) is 7.30. The lowest BCUT2D eigenvalue weighted by atomic mass is 9.98. The number of amides is 2. The van der Waals surface area contributed by atoms with Gasteiger partial charge in [0.25, 0.3) is 0 Å². The lowest BCUT2D eigenvalue weighted by molar-refractivity contribution is 0.180. The molecule has 1 N–H and O–H groups in total. The Kier molecular flexibility index (Phi) is 6.11. The number of hydrogen-bond donors (Lipinski definition) is 1. The highest BCUT2D eigenvalue weighted by atomic mass is 16.5. The molecule has 8 heteroatoms. The number of rotatable bonds is 6. The van der Waals surface area contributed by atoms with Crippen molar-refractivity contribution in [2.45, 2.75) is 12.6 Å². The first kappa shape index (κ1) is 21.4. The van der Waals surface area contributed by atoms with Crippen LogP contribution in [0.4, 0.5) is 10.5 Å². The van der Waals surface area contributed by atoms with Crippen molar-refractivity contribution in [1.29, 1.82) is 0 Å². The average molecular weight is 437 g/mol. The quantitative estimate of drug-likeness (QED) is 0.627. The second kappa shape index (κ2) is 9.13. The SMILES string of the molecule is COc1ccc(OC)c(C2c3cccn3CCN2C(=O)Nc2cccc(OC)c2OC)c1. The van der Waals surface area contributed by atoms with E-state index in [1.807, 2.05) is 36.5 Å². The maximum Gasteiger partial charge on any atom is 0.322 e. The largest absolute Gasteiger partial charge is 0.497 e. The molecular weight excluding hydrogens is 410 g/mol. The van der Waals surface area contributed by atoms with Crippen molar-refractivity contribution in [1.82, 2.24) is 9.47 Å². The molecule has 32 heavy (non-hydrogen) atoms. The molecule has 3 aromatic rings. The average Bonchev–Trinajstić information content (AvgIpc) is 3.31. The zero-order valence-corrected chi connectivity index (χ0v) is 18.6. The molecule has 2 amide bonds. The summed E-state index contributed by atoms with van der Waals surface area (Å²) in [5.41, 5.74) is 2.38. The van der Waals surface area contributed by atoms with Crippen LogP contribution in [0.1, 0.15) is 17.3 Å². The second-order valence-corrected chi connectivity index (χ2v) is 7.30. The van der Waals surface area contributed by atoms with Crippen molar-refractivity contribution in [3.8, 4) is 23.0 Å². The summed E-state index contributed by atoms with van der Waals surface area (Å²) in [4.78, 5) is 15.3. The van der Waals surface area contributed by atoms with Crippen LogP contribution >= 0.6 is 0 Å². The number of anilines is 1. The molecule has 4 rings (SSSR count). The van der Waals surface area contributed by atoms with Crippen LogP contribution in [-0.2, 0) is 6.54 Å². The van der Waals surface area contributed by atoms with Gasteiger partial charge >= 0.3 is 6.03 Å². The summed E-state index contributed by atoms with van der Waals surface area (Å²) in [6, 6.07) is 14.4. The Bertz CT molecular complexity index is 1110. The zero-order chi connectivity index (χ0) is 22.7. The molecule has 1 aromatic heterocycles. The summed E-state index contributed by atoms with van der Waals surface area (Å²) in [5, 5.41) is 3.00. The summed E-state index contributed by atoms with van der Waals surface area (Å²) in [5.74, 6) is 2.39. The van der Waals surface area contributed by atoms with Crippen molar-refractivity contribution in [3.63, 3.8) is 0 Å². The van der Waals surface area contributed by atoms with Crippen LogP contribution in [0, 0.1) is 0 Å². The van der Waals surface area contributed by atoms with Gasteiger partial charge in [-0.05, 0) is 42.5 Å². The molecule has 0 spiro atoms. The highest BCUT2D eigenvalue weighted by Gasteiger charge is 2.34. The number of nitrogens with one attached hydrogen (secondary N) is 1. The predicted molar refractivity (Wildman–Crippen MR) is 121 cm³/mol. The maximum atomic E-state index is 13.5. The van der Waals surface area contributed by atoms with Gasteiger partial charge in [0.05, 0.1) is 34.1 Å². The van der Waals surface area contributed by atoms with E-state index in [2.05, 4.69) is 9.88 Å². The number of carbonyl (C=O) groups is 1. The zero-order valence-electron chi connectivity index (χ0n) is 18.6. The van der Waals surface area contributed by atoms with E-state index >= 15 is 0 Å². The first-order chi connectivity index (χ1) is 15.6. The Labute approximate surface area is 187 Å². The van der Waals surface area contributed by atoms with Gasteiger partial charge in [-0.15, -0.1) is 0 Å². The van der Waals surface area contributed by atoms with Crippen LogP contribution in [0.3, 0.4) is 0 Å². The first-order valence-electron chi connectivity index (χ1n) is 10.3. The topological polar surface area (TPSA) is 74.2 Å². The summed E-state index contributed by atoms with van der Waals surface area (Å²) >= 11 is 0. The number of hydrogen-bond acceptors (Lipinski definition) is 5. The molecule has 1 aliphatic rings. The van der Waals surface area contributed by atoms with Crippen molar-refractivity contribution in [3.05, 3.63) is 66.0 Å². The van der Waals surface area contributed by atoms with Crippen molar-refractivity contribution in [2.75, 3.05) is 40.3 Å². The molecule has 0 saturated heterocycles. The highest BCUT2D eigenvalue weighted by Crippen LogP contribution is 2.40. The normalized spacial score (nSPS) is 15.0. The number of fused-ring (bicyclic) bond motifs is 1. The van der Waals surface area contributed by atoms with Gasteiger partial charge < -0.3 is 33.7 Å². The third kappa shape index (κ3) is 3.79. The monoisotopic (exact) mass is 437 g/mol. The Hall–Kier alpha value is -3.81. The molecule has 0 saturated carbocycles. The fourth-order valence-electron chi connectivity index (χ4n) is 4.16. The van der Waals surface area contributed by atoms with Crippen LogP contribution in [0.15, 0.2) is 54.7 Å². The molecule has 2 aromatic carbocycles. The molecular formula is C24H27N3O5. The predicted octanol–water partition coefficient (Wildman–Crippen LogP) is 4.16. The van der Waals surface area contributed by atoms with E-state index < -0.39 is 0 Å². The van der Waals surface area contributed by atoms with Crippen LogP contribution in [-0.4, -0.2) is 50.5 Å². The fourth-order valence-corrected chi connectivity index (χ4v) is 4.16. The van der Waals surface area contributed by atoms with Crippen molar-refractivity contribution >= 4 is 11.7 Å². The lowest BCUT2D eigenvalue weighted by Gasteiger charge is -2.38. The Balaban J connectivity index is 1.75. The van der Waals surface area contributed by atoms with Gasteiger partial charge in [-0.2, -0.15) is 0 Å². The summed E-state index contributed by atoms with van der Waals surface area (Å²) in [6.45, 7) is 1.21. The van der Waals surface area contributed by atoms with Crippen molar-refractivity contribution < 1.29 is 23.7 Å². The van der Waals surface area contributed by atoms with E-state index in [4.69, 9.17) is 18.9 Å². The maximum absolute atomic E-state index is 13.5. The van der Waals surface area contributed by atoms with Gasteiger partial charge in [0.15, 0.2) is 11.5 Å². The number of urea groups is 1. The lowest BCUT2D eigenvalue weighted by Crippen LogP contribution is -2.44. The van der Waals surface area contributed by atoms with Gasteiger partial charge in [0.1, 0.15) is 17.5 Å². The molecule has 0 bridgehead atoms. The first-order valence-corrected chi connectivity index (χ1v) is 10.3. The molecule has 0 radical (unpaired) electrons. The van der Waals surface area contributed by atoms with Gasteiger partial charge in [0.2, 0.25) is 0 Å². The van der Waals surface area contributed by atoms with Gasteiger partial charge in [-0.1, -0.05) is 6.07 Å². The van der Waals surface area contributed by atoms with E-state index in [1.54, 1.807) is 51.5 Å². The molecule has 1 unspecified atom stereocenters. The molecule has 8 nitrogen and oxygen atoms in total. The number of ether oxygens (including phenoxy) is 4. The molecule has 2 heterocycles. The molecule has 0 fully saturated rings. The summed E-state index contributed by atoms with van der Waals surface area (Å²) in [7, 11) is 6.35. The molecule has 1 atom stereocenters. The van der Waals surface area contributed by atoms with E-state index in [0.29, 0.717) is 41.8 Å². The minimum Gasteiger partial charge on any atom is -0.497 e. The van der Waals surface area contributed by atoms with E-state index in [1.165, 1.54) is 0 Å². The van der Waals surface area contributed by atoms with Crippen LogP contribution in [0.25, 0.3) is 0 Å². The third-order valence-electron chi connectivity index (χ3n) is 5.68. The number of methoxy groups -OCH3 is 4. The standard InChI is InChI=1S/C24H27N3O5/c1-29-16-10-11-20(30-2)17(15-16)22-19-8-6-12-26(19)13-14-27(22)24(28)25-18-7-5-9-21(31-3)23(18)32-4/h5-12,15,22H,13-14H2,1-4H3,(H,25,28). The third-order valence-corrected chi connectivity index (χ3v) is 5.68. The highest BCUT2D eigenvalue weighted by molar-refractivity contribution is 5.92. The van der Waals surface area contributed by atoms with Crippen LogP contribution in [0.2, 0.25) is 0 Å². The Morgan fingerprint density at radius 2 is 1.72 bits per heavy atom. The van der Waals surface area contributed by atoms with Crippen LogP contribution in [0.5, 0.6) is 23.0 Å². The minimum absolute atomic E-state index is 0.251. The minimum atomic E-state index is -0.361. The Morgan fingerprint density at radius 1 is 0.906 bits per heavy atom. The number of aromatic nitrogens is 1. The van der Waals surface area contributed by atoms with Crippen molar-refractivity contribution in [2.24, 2.45) is 0 Å². The van der Waals surface area contributed by atoms with E-state index in [0.717, 1.165) is 11.3 Å². The molecule has 168 valence electrons. The van der Waals surface area contributed by atoms with E-state index in [-0.39, 0.29) is 12.1 Å². The van der Waals surface area contributed by atoms with Crippen LogP contribution < -0.4 is 24.3 Å². The number of benzene rings is 2. The van der Waals surface area contributed by atoms with Gasteiger partial charge in [-0.3, -0.25) is 0 Å². The fraction of sp³-hybridized carbons (Fsp3) is 0.292. The molecule has 1 aliphatic heterocycles. The summed E-state index contributed by atoms with van der Waals surface area (Å²) < 4.78 is 24.1. The number of carbonyl (C=O) groups excluding carboxylic acids is 1. The number of para-hydroxylation sites is 1. The number of nitrogens with zero attached hydrogens (tertiary/aromatic N) is 2. The smallest absolute Gasteiger partial charge is 0.322 e.